The summed E-state index contributed by atoms with van der Waals surface area (Å²) in [7, 11) is 2.17. The molecule has 0 aromatic carbocycles. The monoisotopic (exact) mass is 629 g/mol. The molecule has 45 heavy (non-hydrogen) atoms. The summed E-state index contributed by atoms with van der Waals surface area (Å²) in [5.41, 5.74) is 0.222. The Bertz CT molecular complexity index is 1180. The Labute approximate surface area is 272 Å². The minimum absolute atomic E-state index is 0.109. The Kier molecular flexibility index (Phi) is 7.57. The molecular formula is C38H63NO6. The standard InChI is InChI=1S/C38H63NO6/c1-22-19-25(32(34(6,7)41)43-24(3)40)44-26-20-36(9)28-12-11-27-33(4,5)29(45-30-21-39(10)17-18-42-30)13-14-37(27)23(2)38(28,37)16-15-35(36,8)31(22)26/h22-23,25-32,41H,11-21H2,1-10H3/t22-,23-,25?,26?,27?,28+,29+,30+,31?,32+,35-,36+,37-,38+/m1/s1. The molecule has 2 saturated heterocycles. The lowest BCUT2D eigenvalue weighted by Gasteiger charge is -2.63. The largest absolute Gasteiger partial charge is 0.457 e. The number of carbonyl (C=O) groups is 1. The van der Waals surface area contributed by atoms with E-state index in [1.807, 2.05) is 0 Å². The molecule has 7 heteroatoms. The van der Waals surface area contributed by atoms with Gasteiger partial charge in [0.15, 0.2) is 12.4 Å². The van der Waals surface area contributed by atoms with Crippen molar-refractivity contribution < 1.29 is 28.8 Å². The van der Waals surface area contributed by atoms with Crippen molar-refractivity contribution >= 4 is 5.97 Å². The van der Waals surface area contributed by atoms with Gasteiger partial charge in [0.1, 0.15) is 0 Å². The van der Waals surface area contributed by atoms with E-state index >= 15 is 0 Å². The van der Waals surface area contributed by atoms with Crippen molar-refractivity contribution in [1.82, 2.24) is 4.90 Å². The molecule has 7 fully saturated rings. The fourth-order valence-electron chi connectivity index (χ4n) is 14.4. The lowest BCUT2D eigenvalue weighted by Crippen LogP contribution is -2.59. The molecule has 0 aromatic rings. The molecule has 2 spiro atoms. The molecular weight excluding hydrogens is 566 g/mol. The maximum atomic E-state index is 12.1. The molecule has 7 nitrogen and oxygen atoms in total. The van der Waals surface area contributed by atoms with Gasteiger partial charge in [-0.15, -0.1) is 0 Å². The number of fused-ring (bicyclic) bond motifs is 4. The molecule has 14 atom stereocenters. The van der Waals surface area contributed by atoms with E-state index in [-0.39, 0.29) is 46.8 Å². The second kappa shape index (κ2) is 10.4. The molecule has 256 valence electrons. The summed E-state index contributed by atoms with van der Waals surface area (Å²) in [6.07, 6.45) is 8.89. The average Bonchev–Trinajstić information content (AvgIpc) is 3.35. The molecule has 0 radical (unpaired) electrons. The van der Waals surface area contributed by atoms with Crippen LogP contribution in [0.4, 0.5) is 0 Å². The summed E-state index contributed by atoms with van der Waals surface area (Å²) in [4.78, 5) is 14.4. The van der Waals surface area contributed by atoms with Crippen molar-refractivity contribution in [2.24, 2.45) is 56.7 Å². The highest BCUT2D eigenvalue weighted by Gasteiger charge is 2.86. The van der Waals surface area contributed by atoms with E-state index in [4.69, 9.17) is 18.9 Å². The van der Waals surface area contributed by atoms with Crippen LogP contribution in [0.2, 0.25) is 0 Å². The van der Waals surface area contributed by atoms with Gasteiger partial charge in [0.05, 0.1) is 30.5 Å². The van der Waals surface area contributed by atoms with Gasteiger partial charge in [-0.25, -0.2) is 0 Å². The molecule has 7 rings (SSSR count). The molecule has 1 N–H and O–H groups in total. The van der Waals surface area contributed by atoms with Gasteiger partial charge in [-0.1, -0.05) is 41.5 Å². The minimum Gasteiger partial charge on any atom is -0.457 e. The van der Waals surface area contributed by atoms with Crippen LogP contribution in [0.15, 0.2) is 0 Å². The van der Waals surface area contributed by atoms with Crippen LogP contribution in [-0.4, -0.2) is 79.0 Å². The van der Waals surface area contributed by atoms with Crippen molar-refractivity contribution in [3.63, 3.8) is 0 Å². The van der Waals surface area contributed by atoms with Gasteiger partial charge in [-0.2, -0.15) is 0 Å². The summed E-state index contributed by atoms with van der Waals surface area (Å²) in [5.74, 6) is 2.73. The number of esters is 1. The Morgan fingerprint density at radius 2 is 1.69 bits per heavy atom. The first-order valence-corrected chi connectivity index (χ1v) is 18.4. The van der Waals surface area contributed by atoms with Gasteiger partial charge in [0.25, 0.3) is 0 Å². The number of nitrogens with zero attached hydrogens (tertiary/aromatic N) is 1. The number of hydrogen-bond donors (Lipinski definition) is 1. The number of aliphatic hydroxyl groups is 1. The van der Waals surface area contributed by atoms with Crippen LogP contribution < -0.4 is 0 Å². The highest BCUT2D eigenvalue weighted by molar-refractivity contribution is 5.66. The predicted molar refractivity (Wildman–Crippen MR) is 173 cm³/mol. The minimum atomic E-state index is -1.16. The van der Waals surface area contributed by atoms with Crippen LogP contribution in [0.1, 0.15) is 114 Å². The first-order valence-electron chi connectivity index (χ1n) is 18.4. The smallest absolute Gasteiger partial charge is 0.303 e. The quantitative estimate of drug-likeness (QED) is 0.350. The zero-order valence-corrected chi connectivity index (χ0v) is 30.0. The number of ether oxygens (including phenoxy) is 4. The Hall–Kier alpha value is -0.730. The second-order valence-corrected chi connectivity index (χ2v) is 18.7. The zero-order valence-electron chi connectivity index (χ0n) is 30.0. The molecule has 2 aliphatic heterocycles. The number of morpholine rings is 1. The van der Waals surface area contributed by atoms with E-state index < -0.39 is 11.7 Å². The molecule has 0 amide bonds. The van der Waals surface area contributed by atoms with Crippen molar-refractivity contribution in [3.8, 4) is 0 Å². The van der Waals surface area contributed by atoms with Crippen molar-refractivity contribution in [2.45, 2.75) is 150 Å². The van der Waals surface area contributed by atoms with Crippen molar-refractivity contribution in [1.29, 1.82) is 0 Å². The van der Waals surface area contributed by atoms with Crippen LogP contribution in [-0.2, 0) is 23.7 Å². The maximum absolute atomic E-state index is 12.1. The topological polar surface area (TPSA) is 77.5 Å². The molecule has 5 aliphatic carbocycles. The number of carbonyl (C=O) groups excluding carboxylic acids is 1. The van der Waals surface area contributed by atoms with Crippen molar-refractivity contribution in [3.05, 3.63) is 0 Å². The zero-order chi connectivity index (χ0) is 32.5. The van der Waals surface area contributed by atoms with Crippen LogP contribution in [0.25, 0.3) is 0 Å². The lowest BCUT2D eigenvalue weighted by molar-refractivity contribution is -0.246. The molecule has 5 saturated carbocycles. The van der Waals surface area contributed by atoms with Gasteiger partial charge in [-0.3, -0.25) is 9.69 Å². The van der Waals surface area contributed by atoms with Gasteiger partial charge in [0.2, 0.25) is 0 Å². The highest BCUT2D eigenvalue weighted by atomic mass is 16.7. The summed E-state index contributed by atoms with van der Waals surface area (Å²) in [6.45, 7) is 22.9. The van der Waals surface area contributed by atoms with Crippen LogP contribution >= 0.6 is 0 Å². The third kappa shape index (κ3) is 4.34. The van der Waals surface area contributed by atoms with E-state index in [1.165, 1.54) is 39.0 Å². The predicted octanol–water partition coefficient (Wildman–Crippen LogP) is 6.45. The molecule has 7 aliphatic rings. The Balaban J connectivity index is 1.15. The first-order chi connectivity index (χ1) is 20.9. The number of hydrogen-bond acceptors (Lipinski definition) is 7. The van der Waals surface area contributed by atoms with E-state index in [0.29, 0.717) is 34.5 Å². The number of rotatable bonds is 5. The second-order valence-electron chi connectivity index (χ2n) is 18.7. The molecule has 0 bridgehead atoms. The third-order valence-electron chi connectivity index (χ3n) is 16.2. The summed E-state index contributed by atoms with van der Waals surface area (Å²) < 4.78 is 25.7. The number of likely N-dealkylation sites (N-methyl/N-ethyl adjacent to an activating group) is 1. The first kappa shape index (κ1) is 32.8. The van der Waals surface area contributed by atoms with E-state index in [1.54, 1.807) is 13.8 Å². The van der Waals surface area contributed by atoms with Gasteiger partial charge >= 0.3 is 5.97 Å². The summed E-state index contributed by atoms with van der Waals surface area (Å²) >= 11 is 0. The highest BCUT2D eigenvalue weighted by Crippen LogP contribution is 2.91. The van der Waals surface area contributed by atoms with Gasteiger partial charge in [0, 0.05) is 20.0 Å². The maximum Gasteiger partial charge on any atom is 0.303 e. The van der Waals surface area contributed by atoms with Crippen LogP contribution in [0.3, 0.4) is 0 Å². The molecule has 4 unspecified atom stereocenters. The Morgan fingerprint density at radius 1 is 1.00 bits per heavy atom. The molecule has 0 aromatic heterocycles. The van der Waals surface area contributed by atoms with Crippen LogP contribution in [0, 0.1) is 56.7 Å². The lowest BCUT2D eigenvalue weighted by atomic mass is 9.41. The van der Waals surface area contributed by atoms with Crippen molar-refractivity contribution in [2.75, 3.05) is 26.7 Å². The SMILES string of the molecule is CC(=O)O[C@@H](C1C[C@@H](C)C2C(C[C@@]3(C)[C@@H]4CCC5C(C)(C)[C@@H](O[C@H]6CN(C)CCO6)CC[C@@]56[C@@H](C)[C@@]46CC[C@]23C)O1)C(C)(C)O. The van der Waals surface area contributed by atoms with E-state index in [0.717, 1.165) is 44.9 Å². The summed E-state index contributed by atoms with van der Waals surface area (Å²) in [6, 6.07) is 0. The van der Waals surface area contributed by atoms with Gasteiger partial charge in [-0.05, 0) is 129 Å². The van der Waals surface area contributed by atoms with Gasteiger partial charge < -0.3 is 24.1 Å². The van der Waals surface area contributed by atoms with E-state index in [9.17, 15) is 9.90 Å². The van der Waals surface area contributed by atoms with Crippen LogP contribution in [0.5, 0.6) is 0 Å². The normalized spacial score (nSPS) is 52.8. The molecule has 2 heterocycles. The fourth-order valence-corrected chi connectivity index (χ4v) is 14.4. The average molecular weight is 630 g/mol. The third-order valence-corrected chi connectivity index (χ3v) is 16.2. The summed E-state index contributed by atoms with van der Waals surface area (Å²) in [5, 5.41) is 11.0. The van der Waals surface area contributed by atoms with E-state index in [2.05, 4.69) is 53.5 Å². The Morgan fingerprint density at radius 3 is 2.36 bits per heavy atom. The fraction of sp³-hybridized carbons (Fsp3) is 0.974.